The minimum atomic E-state index is -0.0316. The molecule has 0 unspecified atom stereocenters. The molecule has 5 rings (SSSR count). The van der Waals surface area contributed by atoms with Gasteiger partial charge in [0.1, 0.15) is 0 Å². The molecule has 0 aliphatic heterocycles. The van der Waals surface area contributed by atoms with Crippen molar-refractivity contribution in [3.05, 3.63) is 74.0 Å². The molecule has 3 aromatic heterocycles. The van der Waals surface area contributed by atoms with Gasteiger partial charge in [-0.25, -0.2) is 4.68 Å². The number of aryl methyl sites for hydroxylation is 1. The Kier molecular flexibility index (Phi) is 6.61. The van der Waals surface area contributed by atoms with Crippen molar-refractivity contribution in [3.8, 4) is 0 Å². The number of hydrogen-bond donors (Lipinski definition) is 1. The van der Waals surface area contributed by atoms with Crippen LogP contribution in [0, 0.1) is 12.8 Å². The number of aromatic amines is 1. The van der Waals surface area contributed by atoms with Crippen LogP contribution in [-0.4, -0.2) is 30.1 Å². The maximum Gasteiger partial charge on any atom is 0.252 e. The molecule has 0 spiro atoms. The molecule has 0 radical (unpaired) electrons. The van der Waals surface area contributed by atoms with E-state index in [1.807, 2.05) is 25.1 Å². The Morgan fingerprint density at radius 3 is 2.74 bits per heavy atom. The number of aromatic nitrogens is 5. The highest BCUT2D eigenvalue weighted by atomic mass is 32.1. The van der Waals surface area contributed by atoms with Crippen molar-refractivity contribution in [2.75, 3.05) is 0 Å². The van der Waals surface area contributed by atoms with Crippen LogP contribution < -0.4 is 5.56 Å². The summed E-state index contributed by atoms with van der Waals surface area (Å²) in [6.07, 6.45) is 4.69. The van der Waals surface area contributed by atoms with Gasteiger partial charge >= 0.3 is 0 Å². The first-order valence-corrected chi connectivity index (χ1v) is 13.0. The molecule has 1 N–H and O–H groups in total. The second-order valence-electron chi connectivity index (χ2n) is 9.76. The Morgan fingerprint density at radius 2 is 2.00 bits per heavy atom. The summed E-state index contributed by atoms with van der Waals surface area (Å²) in [5, 5.41) is 16.2. The van der Waals surface area contributed by atoms with Gasteiger partial charge in [0.25, 0.3) is 5.56 Å². The van der Waals surface area contributed by atoms with E-state index in [-0.39, 0.29) is 17.5 Å². The van der Waals surface area contributed by atoms with E-state index in [2.05, 4.69) is 67.5 Å². The summed E-state index contributed by atoms with van der Waals surface area (Å²) in [6.45, 7) is 7.72. The summed E-state index contributed by atoms with van der Waals surface area (Å²) in [7, 11) is 0. The Balaban J connectivity index is 1.55. The zero-order valence-corrected chi connectivity index (χ0v) is 20.9. The standard InChI is InChI=1S/C26H32N6OS/c1-17(2)24(25-28-29-30-32(25)21-10-4-5-11-21)31(16-22-12-7-13-34-22)15-20-14-19-9-6-8-18(3)23(19)27-26(20)33/h6-9,12-14,17,21,24H,4-5,10-11,15-16H2,1-3H3,(H,27,33)/t24-/m0/s1. The van der Waals surface area contributed by atoms with Gasteiger partial charge in [-0.3, -0.25) is 9.69 Å². The zero-order chi connectivity index (χ0) is 23.7. The molecule has 1 aromatic carbocycles. The maximum absolute atomic E-state index is 13.2. The van der Waals surface area contributed by atoms with Crippen LogP contribution in [0.1, 0.15) is 73.4 Å². The van der Waals surface area contributed by atoms with Crippen molar-refractivity contribution in [2.24, 2.45) is 5.92 Å². The summed E-state index contributed by atoms with van der Waals surface area (Å²) >= 11 is 1.74. The molecular weight excluding hydrogens is 444 g/mol. The molecule has 0 saturated heterocycles. The average Bonchev–Trinajstić information content (AvgIpc) is 3.58. The van der Waals surface area contributed by atoms with E-state index in [0.29, 0.717) is 12.6 Å². The van der Waals surface area contributed by atoms with Crippen LogP contribution in [-0.2, 0) is 13.1 Å². The van der Waals surface area contributed by atoms with E-state index in [1.165, 1.54) is 17.7 Å². The molecule has 178 valence electrons. The molecule has 4 aromatic rings. The lowest BCUT2D eigenvalue weighted by molar-refractivity contribution is 0.124. The fraction of sp³-hybridized carbons (Fsp3) is 0.462. The second-order valence-corrected chi connectivity index (χ2v) is 10.8. The van der Waals surface area contributed by atoms with Crippen molar-refractivity contribution in [3.63, 3.8) is 0 Å². The Morgan fingerprint density at radius 1 is 1.18 bits per heavy atom. The van der Waals surface area contributed by atoms with Crippen molar-refractivity contribution in [1.82, 2.24) is 30.1 Å². The van der Waals surface area contributed by atoms with Crippen LogP contribution in [0.2, 0.25) is 0 Å². The first-order valence-electron chi connectivity index (χ1n) is 12.2. The van der Waals surface area contributed by atoms with Gasteiger partial charge < -0.3 is 4.98 Å². The lowest BCUT2D eigenvalue weighted by Gasteiger charge is -2.33. The first-order chi connectivity index (χ1) is 16.5. The molecule has 0 bridgehead atoms. The minimum Gasteiger partial charge on any atom is -0.321 e. The third-order valence-corrected chi connectivity index (χ3v) is 7.82. The maximum atomic E-state index is 13.2. The lowest BCUT2D eigenvalue weighted by atomic mass is 9.99. The van der Waals surface area contributed by atoms with Crippen LogP contribution >= 0.6 is 11.3 Å². The number of hydrogen-bond acceptors (Lipinski definition) is 6. The van der Waals surface area contributed by atoms with Gasteiger partial charge in [-0.2, -0.15) is 0 Å². The molecule has 1 saturated carbocycles. The highest BCUT2D eigenvalue weighted by Gasteiger charge is 2.32. The topological polar surface area (TPSA) is 79.7 Å². The van der Waals surface area contributed by atoms with E-state index < -0.39 is 0 Å². The number of H-pyrrole nitrogens is 1. The predicted octanol–water partition coefficient (Wildman–Crippen LogP) is 5.40. The SMILES string of the molecule is Cc1cccc2cc(CN(Cc3cccs3)[C@H](c3nnnn3C3CCCC3)C(C)C)c(=O)[nH]c12. The molecule has 1 fully saturated rings. The Labute approximate surface area is 203 Å². The van der Waals surface area contributed by atoms with E-state index in [9.17, 15) is 4.79 Å². The molecule has 1 aliphatic rings. The van der Waals surface area contributed by atoms with Crippen LogP contribution in [0.3, 0.4) is 0 Å². The van der Waals surface area contributed by atoms with Gasteiger partial charge in [0.2, 0.25) is 0 Å². The first kappa shape index (κ1) is 22.9. The molecule has 7 nitrogen and oxygen atoms in total. The fourth-order valence-corrected chi connectivity index (χ4v) is 6.04. The molecular formula is C26H32N6OS. The van der Waals surface area contributed by atoms with E-state index in [1.54, 1.807) is 11.3 Å². The quantitative estimate of drug-likeness (QED) is 0.368. The van der Waals surface area contributed by atoms with Gasteiger partial charge in [0.15, 0.2) is 5.82 Å². The molecule has 1 atom stereocenters. The lowest BCUT2D eigenvalue weighted by Crippen LogP contribution is -2.35. The number of rotatable bonds is 8. The number of thiophene rings is 1. The van der Waals surface area contributed by atoms with E-state index in [0.717, 1.165) is 47.2 Å². The summed E-state index contributed by atoms with van der Waals surface area (Å²) in [5.41, 5.74) is 2.72. The smallest absolute Gasteiger partial charge is 0.252 e. The normalized spacial score (nSPS) is 15.7. The van der Waals surface area contributed by atoms with Gasteiger partial charge in [-0.05, 0) is 64.6 Å². The zero-order valence-electron chi connectivity index (χ0n) is 20.1. The van der Waals surface area contributed by atoms with Crippen molar-refractivity contribution >= 4 is 22.2 Å². The molecule has 8 heteroatoms. The Hall–Kier alpha value is -2.84. The van der Waals surface area contributed by atoms with Gasteiger partial charge in [-0.1, -0.05) is 51.0 Å². The summed E-state index contributed by atoms with van der Waals surface area (Å²) in [6, 6.07) is 12.8. The van der Waals surface area contributed by atoms with Crippen LogP contribution in [0.25, 0.3) is 10.9 Å². The summed E-state index contributed by atoms with van der Waals surface area (Å²) in [4.78, 5) is 19.9. The summed E-state index contributed by atoms with van der Waals surface area (Å²) < 4.78 is 2.06. The van der Waals surface area contributed by atoms with E-state index in [4.69, 9.17) is 0 Å². The Bertz CT molecular complexity index is 1300. The van der Waals surface area contributed by atoms with Gasteiger partial charge in [0.05, 0.1) is 17.6 Å². The number of pyridine rings is 1. The number of nitrogens with one attached hydrogen (secondary N) is 1. The molecule has 1 aliphatic carbocycles. The predicted molar refractivity (Wildman–Crippen MR) is 136 cm³/mol. The minimum absolute atomic E-state index is 0.00898. The molecule has 34 heavy (non-hydrogen) atoms. The second kappa shape index (κ2) is 9.80. The van der Waals surface area contributed by atoms with Crippen LogP contribution in [0.5, 0.6) is 0 Å². The van der Waals surface area contributed by atoms with Crippen molar-refractivity contribution in [2.45, 2.75) is 71.6 Å². The highest BCUT2D eigenvalue weighted by molar-refractivity contribution is 7.09. The number of benzene rings is 1. The summed E-state index contributed by atoms with van der Waals surface area (Å²) in [5.74, 6) is 1.18. The number of para-hydroxylation sites is 1. The van der Waals surface area contributed by atoms with Crippen LogP contribution in [0.15, 0.2) is 46.6 Å². The number of fused-ring (bicyclic) bond motifs is 1. The van der Waals surface area contributed by atoms with Crippen LogP contribution in [0.4, 0.5) is 0 Å². The van der Waals surface area contributed by atoms with Gasteiger partial charge in [-0.15, -0.1) is 16.4 Å². The monoisotopic (exact) mass is 476 g/mol. The third kappa shape index (κ3) is 4.57. The van der Waals surface area contributed by atoms with E-state index >= 15 is 0 Å². The van der Waals surface area contributed by atoms with Crippen molar-refractivity contribution in [1.29, 1.82) is 0 Å². The highest BCUT2D eigenvalue weighted by Crippen LogP contribution is 2.35. The number of nitrogens with zero attached hydrogens (tertiary/aromatic N) is 5. The largest absolute Gasteiger partial charge is 0.321 e. The number of tetrazole rings is 1. The fourth-order valence-electron chi connectivity index (χ4n) is 5.31. The molecule has 3 heterocycles. The van der Waals surface area contributed by atoms with Crippen molar-refractivity contribution < 1.29 is 0 Å². The third-order valence-electron chi connectivity index (χ3n) is 6.96. The molecule has 0 amide bonds. The van der Waals surface area contributed by atoms with Gasteiger partial charge in [0, 0.05) is 23.5 Å². The average molecular weight is 477 g/mol.